The van der Waals surface area contributed by atoms with Gasteiger partial charge in [0.2, 0.25) is 5.91 Å². The minimum atomic E-state index is 0.124. The topological polar surface area (TPSA) is 64.3 Å². The number of hydrogen-bond donors (Lipinski definition) is 2. The third-order valence-corrected chi connectivity index (χ3v) is 3.81. The zero-order valence-corrected chi connectivity index (χ0v) is 11.8. The molecule has 1 aliphatic rings. The van der Waals surface area contributed by atoms with Gasteiger partial charge < -0.3 is 15.8 Å². The summed E-state index contributed by atoms with van der Waals surface area (Å²) < 4.78 is 5.37. The highest BCUT2D eigenvalue weighted by Gasteiger charge is 2.28. The second kappa shape index (κ2) is 8.48. The van der Waals surface area contributed by atoms with Crippen LogP contribution in [0.4, 0.5) is 0 Å². The van der Waals surface area contributed by atoms with Crippen LogP contribution in [0.25, 0.3) is 0 Å². The van der Waals surface area contributed by atoms with Crippen molar-refractivity contribution in [3.63, 3.8) is 0 Å². The predicted molar refractivity (Wildman–Crippen MR) is 73.2 cm³/mol. The maximum atomic E-state index is 12.1. The molecule has 1 aliphatic heterocycles. The van der Waals surface area contributed by atoms with Gasteiger partial charge in [-0.25, -0.2) is 0 Å². The molecule has 0 radical (unpaired) electrons. The smallest absolute Gasteiger partial charge is 0.223 e. The van der Waals surface area contributed by atoms with E-state index in [1.807, 2.05) is 0 Å². The Kier molecular flexibility index (Phi) is 7.28. The van der Waals surface area contributed by atoms with Gasteiger partial charge in [0.05, 0.1) is 0 Å². The van der Waals surface area contributed by atoms with Gasteiger partial charge in [-0.1, -0.05) is 20.3 Å². The maximum Gasteiger partial charge on any atom is 0.223 e. The number of ether oxygens (including phenoxy) is 1. The maximum absolute atomic E-state index is 12.1. The minimum Gasteiger partial charge on any atom is -0.381 e. The van der Waals surface area contributed by atoms with Gasteiger partial charge in [0.25, 0.3) is 0 Å². The van der Waals surface area contributed by atoms with Crippen molar-refractivity contribution in [1.29, 1.82) is 0 Å². The fourth-order valence-electron chi connectivity index (χ4n) is 2.64. The molecule has 0 aliphatic carbocycles. The summed E-state index contributed by atoms with van der Waals surface area (Å²) in [5.74, 6) is 1.18. The van der Waals surface area contributed by atoms with Crippen molar-refractivity contribution in [2.24, 2.45) is 23.5 Å². The van der Waals surface area contributed by atoms with E-state index in [0.29, 0.717) is 31.6 Å². The lowest BCUT2D eigenvalue weighted by Gasteiger charge is -2.28. The van der Waals surface area contributed by atoms with Crippen LogP contribution in [0.3, 0.4) is 0 Å². The quantitative estimate of drug-likeness (QED) is 0.726. The summed E-state index contributed by atoms with van der Waals surface area (Å²) in [5, 5.41) is 3.10. The number of nitrogens with one attached hydrogen (secondary N) is 1. The van der Waals surface area contributed by atoms with Gasteiger partial charge in [-0.2, -0.15) is 0 Å². The molecular formula is C14H28N2O2. The second-order valence-corrected chi connectivity index (χ2v) is 5.42. The molecule has 1 fully saturated rings. The Balaban J connectivity index is 2.33. The molecule has 106 valence electrons. The summed E-state index contributed by atoms with van der Waals surface area (Å²) in [5.41, 5.74) is 5.60. The van der Waals surface area contributed by atoms with Crippen LogP contribution in [0, 0.1) is 17.8 Å². The van der Waals surface area contributed by atoms with Gasteiger partial charge in [0.1, 0.15) is 0 Å². The second-order valence-electron chi connectivity index (χ2n) is 5.42. The SMILES string of the molecule is CCCC(CCN)CNC(=O)C1CCOCC1C. The van der Waals surface area contributed by atoms with Gasteiger partial charge in [0.15, 0.2) is 0 Å². The number of nitrogens with two attached hydrogens (primary N) is 1. The Morgan fingerprint density at radius 1 is 1.50 bits per heavy atom. The first-order valence-corrected chi connectivity index (χ1v) is 7.24. The summed E-state index contributed by atoms with van der Waals surface area (Å²) >= 11 is 0. The van der Waals surface area contributed by atoms with E-state index in [9.17, 15) is 4.79 Å². The summed E-state index contributed by atoms with van der Waals surface area (Å²) in [4.78, 5) is 12.1. The van der Waals surface area contributed by atoms with Crippen LogP contribution >= 0.6 is 0 Å². The van der Waals surface area contributed by atoms with Crippen LogP contribution in [0.2, 0.25) is 0 Å². The lowest BCUT2D eigenvalue weighted by molar-refractivity contribution is -0.130. The third-order valence-electron chi connectivity index (χ3n) is 3.81. The van der Waals surface area contributed by atoms with Crippen LogP contribution < -0.4 is 11.1 Å². The first-order chi connectivity index (χ1) is 8.69. The molecule has 0 aromatic rings. The lowest BCUT2D eigenvalue weighted by atomic mass is 9.89. The molecule has 3 N–H and O–H groups in total. The lowest BCUT2D eigenvalue weighted by Crippen LogP contribution is -2.41. The number of carbonyl (C=O) groups excluding carboxylic acids is 1. The zero-order chi connectivity index (χ0) is 13.4. The Bertz CT molecular complexity index is 240. The molecule has 0 bridgehead atoms. The standard InChI is InChI=1S/C14H28N2O2/c1-3-4-12(5-7-15)9-16-14(17)13-6-8-18-10-11(13)2/h11-13H,3-10,15H2,1-2H3,(H,16,17). The third kappa shape index (κ3) is 4.94. The fraction of sp³-hybridized carbons (Fsp3) is 0.929. The Morgan fingerprint density at radius 2 is 2.28 bits per heavy atom. The summed E-state index contributed by atoms with van der Waals surface area (Å²) in [6.07, 6.45) is 4.13. The number of rotatable bonds is 7. The Labute approximate surface area is 111 Å². The van der Waals surface area contributed by atoms with Gasteiger partial charge in [-0.3, -0.25) is 4.79 Å². The molecule has 4 heteroatoms. The molecule has 0 aromatic heterocycles. The summed E-state index contributed by atoms with van der Waals surface area (Å²) in [6, 6.07) is 0. The first kappa shape index (κ1) is 15.4. The van der Waals surface area contributed by atoms with Crippen molar-refractivity contribution in [1.82, 2.24) is 5.32 Å². The Hall–Kier alpha value is -0.610. The molecule has 0 aromatic carbocycles. The molecule has 1 amide bonds. The predicted octanol–water partition coefficient (Wildman–Crippen LogP) is 1.54. The monoisotopic (exact) mass is 256 g/mol. The van der Waals surface area contributed by atoms with Crippen molar-refractivity contribution in [3.8, 4) is 0 Å². The van der Waals surface area contributed by atoms with E-state index in [1.165, 1.54) is 0 Å². The van der Waals surface area contributed by atoms with Crippen LogP contribution in [0.1, 0.15) is 39.5 Å². The molecular weight excluding hydrogens is 228 g/mol. The van der Waals surface area contributed by atoms with Gasteiger partial charge >= 0.3 is 0 Å². The van der Waals surface area contributed by atoms with Crippen molar-refractivity contribution < 1.29 is 9.53 Å². The molecule has 1 heterocycles. The highest BCUT2D eigenvalue weighted by atomic mass is 16.5. The molecule has 1 saturated heterocycles. The Morgan fingerprint density at radius 3 is 2.89 bits per heavy atom. The number of hydrogen-bond acceptors (Lipinski definition) is 3. The molecule has 1 rings (SSSR count). The van der Waals surface area contributed by atoms with E-state index in [4.69, 9.17) is 10.5 Å². The molecule has 4 nitrogen and oxygen atoms in total. The van der Waals surface area contributed by atoms with Gasteiger partial charge in [-0.05, 0) is 37.6 Å². The van der Waals surface area contributed by atoms with Gasteiger partial charge in [-0.15, -0.1) is 0 Å². The van der Waals surface area contributed by atoms with E-state index in [-0.39, 0.29) is 11.8 Å². The van der Waals surface area contributed by atoms with Gasteiger partial charge in [0, 0.05) is 25.7 Å². The van der Waals surface area contributed by atoms with Crippen LogP contribution in [0.5, 0.6) is 0 Å². The van der Waals surface area contributed by atoms with Crippen molar-refractivity contribution >= 4 is 5.91 Å². The molecule has 0 spiro atoms. The summed E-state index contributed by atoms with van der Waals surface area (Å²) in [6.45, 7) is 7.16. The molecule has 18 heavy (non-hydrogen) atoms. The minimum absolute atomic E-state index is 0.124. The van der Waals surface area contributed by atoms with Crippen molar-refractivity contribution in [2.75, 3.05) is 26.3 Å². The highest BCUT2D eigenvalue weighted by molar-refractivity contribution is 5.79. The molecule has 3 unspecified atom stereocenters. The zero-order valence-electron chi connectivity index (χ0n) is 11.8. The van der Waals surface area contributed by atoms with Crippen LogP contribution in [-0.4, -0.2) is 32.2 Å². The molecule has 3 atom stereocenters. The fourth-order valence-corrected chi connectivity index (χ4v) is 2.64. The number of carbonyl (C=O) groups is 1. The van der Waals surface area contributed by atoms with Crippen LogP contribution in [-0.2, 0) is 9.53 Å². The van der Waals surface area contributed by atoms with E-state index < -0.39 is 0 Å². The van der Waals surface area contributed by atoms with Crippen molar-refractivity contribution in [3.05, 3.63) is 0 Å². The molecule has 0 saturated carbocycles. The largest absolute Gasteiger partial charge is 0.381 e. The normalized spacial score (nSPS) is 25.7. The first-order valence-electron chi connectivity index (χ1n) is 7.24. The van der Waals surface area contributed by atoms with Crippen molar-refractivity contribution in [2.45, 2.75) is 39.5 Å². The van der Waals surface area contributed by atoms with Crippen LogP contribution in [0.15, 0.2) is 0 Å². The number of amides is 1. The average molecular weight is 256 g/mol. The summed E-state index contributed by atoms with van der Waals surface area (Å²) in [7, 11) is 0. The van der Waals surface area contributed by atoms with E-state index in [1.54, 1.807) is 0 Å². The van der Waals surface area contributed by atoms with E-state index in [2.05, 4.69) is 19.2 Å². The van der Waals surface area contributed by atoms with E-state index in [0.717, 1.165) is 32.2 Å². The average Bonchev–Trinajstić information content (AvgIpc) is 2.36. The highest BCUT2D eigenvalue weighted by Crippen LogP contribution is 2.21. The van der Waals surface area contributed by atoms with E-state index >= 15 is 0 Å².